The molecular weight excluding hydrogens is 437 g/mol. The van der Waals surface area contributed by atoms with E-state index in [9.17, 15) is 9.18 Å². The SMILES string of the molecule is O=C(NC1CCOc2ccc(Br)cc21)c1nn(-c2ccccc2F)c2c1CCC2. The zero-order valence-electron chi connectivity index (χ0n) is 15.6. The molecule has 1 N–H and O–H groups in total. The number of aromatic nitrogens is 2. The average Bonchev–Trinajstić information content (AvgIpc) is 3.32. The first-order valence-corrected chi connectivity index (χ1v) is 10.5. The van der Waals surface area contributed by atoms with Gasteiger partial charge < -0.3 is 10.1 Å². The summed E-state index contributed by atoms with van der Waals surface area (Å²) in [6, 6.07) is 12.2. The van der Waals surface area contributed by atoms with Crippen molar-refractivity contribution in [2.45, 2.75) is 31.7 Å². The molecule has 1 amide bonds. The molecule has 0 saturated carbocycles. The number of carbonyl (C=O) groups excluding carboxylic acids is 1. The summed E-state index contributed by atoms with van der Waals surface area (Å²) in [5.41, 5.74) is 3.57. The molecule has 0 fully saturated rings. The second kappa shape index (κ2) is 7.30. The Bertz CT molecular complexity index is 1110. The highest BCUT2D eigenvalue weighted by atomic mass is 79.9. The lowest BCUT2D eigenvalue weighted by Crippen LogP contribution is -2.33. The molecule has 1 aliphatic carbocycles. The van der Waals surface area contributed by atoms with Crippen LogP contribution in [0.4, 0.5) is 4.39 Å². The second-order valence-corrected chi connectivity index (χ2v) is 8.25. The van der Waals surface area contributed by atoms with Gasteiger partial charge in [0.15, 0.2) is 5.69 Å². The van der Waals surface area contributed by atoms with Crippen LogP contribution in [0.25, 0.3) is 5.69 Å². The van der Waals surface area contributed by atoms with E-state index in [2.05, 4.69) is 26.3 Å². The minimum Gasteiger partial charge on any atom is -0.493 e. The Morgan fingerprint density at radius 3 is 2.97 bits per heavy atom. The molecule has 5 rings (SSSR count). The molecular formula is C22H19BrFN3O2. The van der Waals surface area contributed by atoms with Gasteiger partial charge in [-0.25, -0.2) is 9.07 Å². The smallest absolute Gasteiger partial charge is 0.272 e. The van der Waals surface area contributed by atoms with Crippen molar-refractivity contribution in [3.05, 3.63) is 75.3 Å². The number of benzene rings is 2. The fourth-order valence-electron chi connectivity index (χ4n) is 4.18. The number of carbonyl (C=O) groups is 1. The highest BCUT2D eigenvalue weighted by Gasteiger charge is 2.30. The van der Waals surface area contributed by atoms with Crippen LogP contribution in [-0.4, -0.2) is 22.3 Å². The van der Waals surface area contributed by atoms with Gasteiger partial charge in [0.2, 0.25) is 0 Å². The number of nitrogens with zero attached hydrogens (tertiary/aromatic N) is 2. The highest BCUT2D eigenvalue weighted by molar-refractivity contribution is 9.10. The molecule has 29 heavy (non-hydrogen) atoms. The maximum absolute atomic E-state index is 14.4. The van der Waals surface area contributed by atoms with Crippen molar-refractivity contribution in [2.75, 3.05) is 6.61 Å². The van der Waals surface area contributed by atoms with Crippen LogP contribution in [0, 0.1) is 5.82 Å². The van der Waals surface area contributed by atoms with Gasteiger partial charge >= 0.3 is 0 Å². The zero-order valence-corrected chi connectivity index (χ0v) is 17.2. The van der Waals surface area contributed by atoms with Gasteiger partial charge in [-0.15, -0.1) is 0 Å². The Hall–Kier alpha value is -2.67. The summed E-state index contributed by atoms with van der Waals surface area (Å²) in [4.78, 5) is 13.2. The monoisotopic (exact) mass is 455 g/mol. The lowest BCUT2D eigenvalue weighted by atomic mass is 10.0. The number of hydrogen-bond acceptors (Lipinski definition) is 3. The third kappa shape index (κ3) is 3.23. The number of amides is 1. The minimum absolute atomic E-state index is 0.153. The number of rotatable bonds is 3. The van der Waals surface area contributed by atoms with Crippen molar-refractivity contribution in [3.63, 3.8) is 0 Å². The van der Waals surface area contributed by atoms with Crippen molar-refractivity contribution in [3.8, 4) is 11.4 Å². The summed E-state index contributed by atoms with van der Waals surface area (Å²) >= 11 is 3.49. The largest absolute Gasteiger partial charge is 0.493 e. The van der Waals surface area contributed by atoms with Crippen molar-refractivity contribution < 1.29 is 13.9 Å². The van der Waals surface area contributed by atoms with E-state index in [4.69, 9.17) is 4.74 Å². The van der Waals surface area contributed by atoms with Crippen LogP contribution in [0.2, 0.25) is 0 Å². The number of fused-ring (bicyclic) bond motifs is 2. The first kappa shape index (κ1) is 18.4. The molecule has 0 spiro atoms. The molecule has 5 nitrogen and oxygen atoms in total. The minimum atomic E-state index is -0.347. The lowest BCUT2D eigenvalue weighted by molar-refractivity contribution is 0.0918. The quantitative estimate of drug-likeness (QED) is 0.631. The van der Waals surface area contributed by atoms with Crippen LogP contribution in [0.15, 0.2) is 46.9 Å². The van der Waals surface area contributed by atoms with Gasteiger partial charge in [0.05, 0.1) is 12.6 Å². The third-order valence-electron chi connectivity index (χ3n) is 5.54. The molecule has 2 aromatic carbocycles. The predicted octanol–water partition coefficient (Wildman–Crippen LogP) is 4.52. The van der Waals surface area contributed by atoms with Gasteiger partial charge in [0, 0.05) is 27.7 Å². The molecule has 2 aliphatic rings. The van der Waals surface area contributed by atoms with Crippen LogP contribution in [0.3, 0.4) is 0 Å². The normalized spacial score (nSPS) is 17.4. The van der Waals surface area contributed by atoms with Crippen molar-refractivity contribution in [2.24, 2.45) is 0 Å². The van der Waals surface area contributed by atoms with E-state index < -0.39 is 0 Å². The Kier molecular flexibility index (Phi) is 4.62. The fourth-order valence-corrected chi connectivity index (χ4v) is 4.56. The molecule has 2 heterocycles. The van der Waals surface area contributed by atoms with E-state index in [0.717, 1.165) is 46.3 Å². The van der Waals surface area contributed by atoms with Crippen molar-refractivity contribution in [1.82, 2.24) is 15.1 Å². The molecule has 1 unspecified atom stereocenters. The van der Waals surface area contributed by atoms with E-state index in [1.54, 1.807) is 22.9 Å². The van der Waals surface area contributed by atoms with Crippen LogP contribution in [-0.2, 0) is 12.8 Å². The van der Waals surface area contributed by atoms with Crippen LogP contribution < -0.4 is 10.1 Å². The number of halogens is 2. The van der Waals surface area contributed by atoms with E-state index >= 15 is 0 Å². The fraction of sp³-hybridized carbons (Fsp3) is 0.273. The first-order chi connectivity index (χ1) is 14.1. The summed E-state index contributed by atoms with van der Waals surface area (Å²) in [5, 5.41) is 7.64. The van der Waals surface area contributed by atoms with E-state index in [-0.39, 0.29) is 17.8 Å². The molecule has 148 valence electrons. The average molecular weight is 456 g/mol. The summed E-state index contributed by atoms with van der Waals surface area (Å²) < 4.78 is 22.6. The van der Waals surface area contributed by atoms with Crippen LogP contribution in [0.1, 0.15) is 46.2 Å². The molecule has 1 aliphatic heterocycles. The van der Waals surface area contributed by atoms with Gasteiger partial charge in [-0.2, -0.15) is 5.10 Å². The van der Waals surface area contributed by atoms with E-state index in [1.807, 2.05) is 18.2 Å². The number of ether oxygens (including phenoxy) is 1. The molecule has 0 bridgehead atoms. The number of para-hydroxylation sites is 1. The topological polar surface area (TPSA) is 56.1 Å². The van der Waals surface area contributed by atoms with Gasteiger partial charge in [-0.05, 0) is 49.6 Å². The van der Waals surface area contributed by atoms with Crippen molar-refractivity contribution >= 4 is 21.8 Å². The molecule has 3 aromatic rings. The molecule has 7 heteroatoms. The Labute approximate surface area is 176 Å². The first-order valence-electron chi connectivity index (χ1n) is 9.70. The molecule has 1 atom stereocenters. The standard InChI is InChI=1S/C22H19BrFN3O2/c23-13-8-9-20-15(12-13)17(10-11-29-20)25-22(28)21-14-4-3-7-18(14)27(26-21)19-6-2-1-5-16(19)24/h1-2,5-6,8-9,12,17H,3-4,7,10-11H2,(H,25,28). The Morgan fingerprint density at radius 1 is 1.24 bits per heavy atom. The zero-order chi connectivity index (χ0) is 20.0. The number of nitrogens with one attached hydrogen (secondary N) is 1. The maximum Gasteiger partial charge on any atom is 0.272 e. The van der Waals surface area contributed by atoms with Gasteiger partial charge in [-0.3, -0.25) is 4.79 Å². The predicted molar refractivity (Wildman–Crippen MR) is 110 cm³/mol. The van der Waals surface area contributed by atoms with Crippen LogP contribution in [0.5, 0.6) is 5.75 Å². The summed E-state index contributed by atoms with van der Waals surface area (Å²) in [6.07, 6.45) is 3.19. The molecule has 0 radical (unpaired) electrons. The Balaban J connectivity index is 1.49. The lowest BCUT2D eigenvalue weighted by Gasteiger charge is -2.26. The highest BCUT2D eigenvalue weighted by Crippen LogP contribution is 2.35. The molecule has 0 saturated heterocycles. The van der Waals surface area contributed by atoms with E-state index in [0.29, 0.717) is 24.4 Å². The van der Waals surface area contributed by atoms with Crippen molar-refractivity contribution in [1.29, 1.82) is 0 Å². The molecule has 1 aromatic heterocycles. The third-order valence-corrected chi connectivity index (χ3v) is 6.04. The van der Waals surface area contributed by atoms with Gasteiger partial charge in [0.1, 0.15) is 17.3 Å². The van der Waals surface area contributed by atoms with Crippen LogP contribution >= 0.6 is 15.9 Å². The summed E-state index contributed by atoms with van der Waals surface area (Å²) in [7, 11) is 0. The van der Waals surface area contributed by atoms with Gasteiger partial charge in [0.25, 0.3) is 5.91 Å². The number of hydrogen-bond donors (Lipinski definition) is 1. The van der Waals surface area contributed by atoms with E-state index in [1.165, 1.54) is 6.07 Å². The maximum atomic E-state index is 14.4. The second-order valence-electron chi connectivity index (χ2n) is 7.34. The summed E-state index contributed by atoms with van der Waals surface area (Å²) in [6.45, 7) is 0.543. The Morgan fingerprint density at radius 2 is 2.10 bits per heavy atom. The van der Waals surface area contributed by atoms with Gasteiger partial charge in [-0.1, -0.05) is 28.1 Å². The summed E-state index contributed by atoms with van der Waals surface area (Å²) in [5.74, 6) is 0.211.